The highest BCUT2D eigenvalue weighted by Crippen LogP contribution is 2.29. The molecule has 0 spiro atoms. The fourth-order valence-electron chi connectivity index (χ4n) is 1.63. The van der Waals surface area contributed by atoms with Crippen molar-refractivity contribution in [3.63, 3.8) is 0 Å². The van der Waals surface area contributed by atoms with Crippen molar-refractivity contribution in [2.45, 2.75) is 31.9 Å². The Kier molecular flexibility index (Phi) is 6.64. The minimum absolute atomic E-state index is 0.0325. The van der Waals surface area contributed by atoms with E-state index in [1.165, 1.54) is 6.92 Å². The van der Waals surface area contributed by atoms with E-state index >= 15 is 0 Å². The summed E-state index contributed by atoms with van der Waals surface area (Å²) in [6.07, 6.45) is -8.14. The fraction of sp³-hybridized carbons (Fsp3) is 0.462. The third-order valence-corrected chi connectivity index (χ3v) is 3.45. The molecule has 0 amide bonds. The van der Waals surface area contributed by atoms with Gasteiger partial charge in [-0.1, -0.05) is 11.8 Å². The van der Waals surface area contributed by atoms with Crippen molar-refractivity contribution in [2.75, 3.05) is 5.75 Å². The van der Waals surface area contributed by atoms with E-state index in [0.29, 0.717) is 12.1 Å². The number of hydrogen-bond donors (Lipinski definition) is 2. The summed E-state index contributed by atoms with van der Waals surface area (Å²) in [5.74, 6) is -1.48. The quantitative estimate of drug-likeness (QED) is 0.778. The summed E-state index contributed by atoms with van der Waals surface area (Å²) in [6, 6.07) is 2.14. The van der Waals surface area contributed by atoms with E-state index in [1.807, 2.05) is 0 Å². The van der Waals surface area contributed by atoms with E-state index in [2.05, 4.69) is 4.74 Å². The van der Waals surface area contributed by atoms with Gasteiger partial charge in [0.15, 0.2) is 5.12 Å². The Bertz CT molecular complexity index is 521. The number of carbonyl (C=O) groups is 1. The molecule has 2 N–H and O–H groups in total. The van der Waals surface area contributed by atoms with Gasteiger partial charge in [-0.3, -0.25) is 4.79 Å². The van der Waals surface area contributed by atoms with Crippen LogP contribution in [0, 0.1) is 5.82 Å². The van der Waals surface area contributed by atoms with Crippen LogP contribution in [0.2, 0.25) is 0 Å². The number of halogens is 4. The number of aliphatic hydroxyl groups is 2. The molecule has 0 bridgehead atoms. The highest BCUT2D eigenvalue weighted by molar-refractivity contribution is 8.13. The predicted molar refractivity (Wildman–Crippen MR) is 71.8 cm³/mol. The lowest BCUT2D eigenvalue weighted by Crippen LogP contribution is -2.21. The molecule has 0 aliphatic carbocycles. The molecule has 0 aliphatic heterocycles. The van der Waals surface area contributed by atoms with Gasteiger partial charge in [-0.25, -0.2) is 4.39 Å². The number of ether oxygens (including phenoxy) is 1. The molecule has 2 unspecified atom stereocenters. The monoisotopic (exact) mass is 342 g/mol. The van der Waals surface area contributed by atoms with E-state index in [0.717, 1.165) is 17.8 Å². The first kappa shape index (κ1) is 18.7. The number of thioether (sulfide) groups is 1. The number of carbonyl (C=O) groups excluding carboxylic acids is 1. The summed E-state index contributed by atoms with van der Waals surface area (Å²) in [5, 5.41) is 19.4. The van der Waals surface area contributed by atoms with Crippen LogP contribution in [0.3, 0.4) is 0 Å². The van der Waals surface area contributed by atoms with Crippen LogP contribution in [0.15, 0.2) is 18.2 Å². The summed E-state index contributed by atoms with van der Waals surface area (Å²) in [6.45, 7) is 1.32. The molecule has 0 fully saturated rings. The summed E-state index contributed by atoms with van der Waals surface area (Å²) >= 11 is 0.910. The van der Waals surface area contributed by atoms with Crippen LogP contribution in [0.1, 0.15) is 25.0 Å². The Morgan fingerprint density at radius 2 is 2.00 bits per heavy atom. The maximum atomic E-state index is 13.6. The average molecular weight is 342 g/mol. The number of hydrogen-bond acceptors (Lipinski definition) is 5. The van der Waals surface area contributed by atoms with Gasteiger partial charge in [0.2, 0.25) is 0 Å². The van der Waals surface area contributed by atoms with Crippen molar-refractivity contribution in [3.8, 4) is 5.75 Å². The number of benzene rings is 1. The first-order valence-electron chi connectivity index (χ1n) is 6.15. The summed E-state index contributed by atoms with van der Waals surface area (Å²) in [7, 11) is 0. The summed E-state index contributed by atoms with van der Waals surface area (Å²) in [4.78, 5) is 10.7. The van der Waals surface area contributed by atoms with Crippen LogP contribution >= 0.6 is 11.8 Å². The Morgan fingerprint density at radius 3 is 2.55 bits per heavy atom. The van der Waals surface area contributed by atoms with Gasteiger partial charge in [0.25, 0.3) is 0 Å². The van der Waals surface area contributed by atoms with E-state index in [4.69, 9.17) is 0 Å². The molecule has 9 heteroatoms. The topological polar surface area (TPSA) is 66.8 Å². The van der Waals surface area contributed by atoms with Gasteiger partial charge < -0.3 is 14.9 Å². The van der Waals surface area contributed by atoms with E-state index < -0.39 is 35.7 Å². The highest BCUT2D eigenvalue weighted by Gasteiger charge is 2.32. The standard InChI is InChI=1S/C13H14F4O4S/c1-7(18)22-5-4-11(19)12(20)9-6-8(2-3-10(9)14)21-13(15,16)17/h2-3,6,11-12,19-20H,4-5H2,1H3. The van der Waals surface area contributed by atoms with Crippen LogP contribution in [0.5, 0.6) is 5.75 Å². The van der Waals surface area contributed by atoms with Crippen molar-refractivity contribution in [3.05, 3.63) is 29.6 Å². The molecule has 0 aromatic heterocycles. The normalized spacial score (nSPS) is 14.5. The number of aliphatic hydroxyl groups excluding tert-OH is 2. The molecule has 124 valence electrons. The van der Waals surface area contributed by atoms with Crippen molar-refractivity contribution >= 4 is 16.9 Å². The van der Waals surface area contributed by atoms with Gasteiger partial charge >= 0.3 is 6.36 Å². The predicted octanol–water partition coefficient (Wildman–Crippen LogP) is 2.79. The average Bonchev–Trinajstić information content (AvgIpc) is 2.38. The largest absolute Gasteiger partial charge is 0.573 e. The van der Waals surface area contributed by atoms with Crippen molar-refractivity contribution in [2.24, 2.45) is 0 Å². The van der Waals surface area contributed by atoms with Crippen LogP contribution in [0.4, 0.5) is 17.6 Å². The van der Waals surface area contributed by atoms with Crippen molar-refractivity contribution in [1.82, 2.24) is 0 Å². The Hall–Kier alpha value is -1.32. The minimum atomic E-state index is -4.95. The Labute approximate surface area is 128 Å². The first-order chi connectivity index (χ1) is 10.1. The Balaban J connectivity index is 2.80. The lowest BCUT2D eigenvalue weighted by Gasteiger charge is -2.19. The molecule has 0 radical (unpaired) electrons. The second-order valence-corrected chi connectivity index (χ2v) is 5.64. The molecule has 22 heavy (non-hydrogen) atoms. The zero-order chi connectivity index (χ0) is 16.9. The van der Waals surface area contributed by atoms with E-state index in [-0.39, 0.29) is 17.3 Å². The van der Waals surface area contributed by atoms with Gasteiger partial charge in [0.1, 0.15) is 17.7 Å². The molecular weight excluding hydrogens is 328 g/mol. The first-order valence-corrected chi connectivity index (χ1v) is 7.13. The molecule has 0 aliphatic rings. The lowest BCUT2D eigenvalue weighted by atomic mass is 10.0. The third kappa shape index (κ3) is 6.20. The Morgan fingerprint density at radius 1 is 1.36 bits per heavy atom. The van der Waals surface area contributed by atoms with Gasteiger partial charge in [0.05, 0.1) is 6.10 Å². The van der Waals surface area contributed by atoms with Crippen molar-refractivity contribution < 1.29 is 37.3 Å². The molecule has 0 heterocycles. The van der Waals surface area contributed by atoms with Crippen LogP contribution in [-0.2, 0) is 4.79 Å². The molecule has 0 saturated carbocycles. The maximum Gasteiger partial charge on any atom is 0.573 e. The number of rotatable bonds is 6. The molecule has 1 aromatic rings. The molecule has 1 aromatic carbocycles. The molecule has 0 saturated heterocycles. The summed E-state index contributed by atoms with van der Waals surface area (Å²) in [5.41, 5.74) is -0.512. The van der Waals surface area contributed by atoms with Crippen LogP contribution in [-0.4, -0.2) is 33.5 Å². The zero-order valence-electron chi connectivity index (χ0n) is 11.4. The number of alkyl halides is 3. The van der Waals surface area contributed by atoms with E-state index in [9.17, 15) is 32.6 Å². The molecule has 1 rings (SSSR count). The van der Waals surface area contributed by atoms with Gasteiger partial charge in [-0.05, 0) is 24.6 Å². The lowest BCUT2D eigenvalue weighted by molar-refractivity contribution is -0.274. The second-order valence-electron chi connectivity index (χ2n) is 4.37. The molecule has 2 atom stereocenters. The smallest absolute Gasteiger partial charge is 0.406 e. The van der Waals surface area contributed by atoms with Gasteiger partial charge in [-0.15, -0.1) is 13.2 Å². The summed E-state index contributed by atoms with van der Waals surface area (Å²) < 4.78 is 53.6. The van der Waals surface area contributed by atoms with Crippen LogP contribution < -0.4 is 4.74 Å². The molecule has 4 nitrogen and oxygen atoms in total. The zero-order valence-corrected chi connectivity index (χ0v) is 12.2. The SMILES string of the molecule is CC(=O)SCCC(O)C(O)c1cc(OC(F)(F)F)ccc1F. The maximum absolute atomic E-state index is 13.6. The minimum Gasteiger partial charge on any atom is -0.406 e. The molecular formula is C13H14F4O4S. The highest BCUT2D eigenvalue weighted by atomic mass is 32.2. The third-order valence-electron chi connectivity index (χ3n) is 2.60. The van der Waals surface area contributed by atoms with Gasteiger partial charge in [-0.2, -0.15) is 0 Å². The van der Waals surface area contributed by atoms with Crippen molar-refractivity contribution in [1.29, 1.82) is 0 Å². The van der Waals surface area contributed by atoms with E-state index in [1.54, 1.807) is 0 Å². The van der Waals surface area contributed by atoms with Crippen LogP contribution in [0.25, 0.3) is 0 Å². The second kappa shape index (κ2) is 7.80. The van der Waals surface area contributed by atoms with Gasteiger partial charge in [0, 0.05) is 18.2 Å². The fourth-order valence-corrected chi connectivity index (χ4v) is 2.28.